The lowest BCUT2D eigenvalue weighted by molar-refractivity contribution is 0.147. The standard InChI is InChI=1S/C26H34ClN5/c1-26(2,3)23-17-24(31-15-13-30(14-16-31)19-9-5-4-6-10-19)32-25(29-23)21(18-28-32)20-11-7-8-12-22(20)27/h7-8,11-12,17-19H,4-6,9-10,13-16H2,1-3H3. The van der Waals surface area contributed by atoms with E-state index < -0.39 is 0 Å². The molecule has 3 heterocycles. The predicted molar refractivity (Wildman–Crippen MR) is 133 cm³/mol. The number of rotatable bonds is 3. The Morgan fingerprint density at radius 3 is 2.34 bits per heavy atom. The molecule has 1 aromatic carbocycles. The second-order valence-electron chi connectivity index (χ2n) is 10.3. The minimum atomic E-state index is -0.0531. The molecular weight excluding hydrogens is 418 g/mol. The van der Waals surface area contributed by atoms with Crippen molar-refractivity contribution in [3.05, 3.63) is 47.2 Å². The number of halogens is 1. The van der Waals surface area contributed by atoms with E-state index in [-0.39, 0.29) is 5.41 Å². The summed E-state index contributed by atoms with van der Waals surface area (Å²) in [6.45, 7) is 11.0. The van der Waals surface area contributed by atoms with Gasteiger partial charge in [-0.25, -0.2) is 4.98 Å². The first-order chi connectivity index (χ1) is 15.4. The molecule has 0 amide bonds. The normalized spacial score (nSPS) is 19.1. The van der Waals surface area contributed by atoms with Crippen LogP contribution in [0.3, 0.4) is 0 Å². The van der Waals surface area contributed by atoms with Crippen molar-refractivity contribution in [3.63, 3.8) is 0 Å². The molecule has 2 fully saturated rings. The lowest BCUT2D eigenvalue weighted by Crippen LogP contribution is -2.51. The van der Waals surface area contributed by atoms with E-state index in [0.29, 0.717) is 0 Å². The summed E-state index contributed by atoms with van der Waals surface area (Å²) in [6, 6.07) is 11.0. The van der Waals surface area contributed by atoms with Crippen LogP contribution in [0.25, 0.3) is 16.8 Å². The van der Waals surface area contributed by atoms with Crippen LogP contribution in [0.5, 0.6) is 0 Å². The van der Waals surface area contributed by atoms with Crippen molar-refractivity contribution in [1.82, 2.24) is 19.5 Å². The van der Waals surface area contributed by atoms with Crippen LogP contribution in [-0.4, -0.2) is 51.7 Å². The summed E-state index contributed by atoms with van der Waals surface area (Å²) in [5, 5.41) is 5.51. The van der Waals surface area contributed by atoms with Crippen LogP contribution < -0.4 is 4.90 Å². The third kappa shape index (κ3) is 4.13. The van der Waals surface area contributed by atoms with Gasteiger partial charge in [0.25, 0.3) is 0 Å². The summed E-state index contributed by atoms with van der Waals surface area (Å²) < 4.78 is 2.02. The zero-order valence-corrected chi connectivity index (χ0v) is 20.3. The molecule has 5 rings (SSSR count). The Morgan fingerprint density at radius 1 is 0.938 bits per heavy atom. The van der Waals surface area contributed by atoms with Gasteiger partial charge < -0.3 is 4.90 Å². The van der Waals surface area contributed by atoms with E-state index in [0.717, 1.165) is 65.5 Å². The topological polar surface area (TPSA) is 36.7 Å². The summed E-state index contributed by atoms with van der Waals surface area (Å²) in [5.74, 6) is 1.14. The fraction of sp³-hybridized carbons (Fsp3) is 0.538. The molecule has 6 heteroatoms. The lowest BCUT2D eigenvalue weighted by atomic mass is 9.91. The van der Waals surface area contributed by atoms with E-state index in [2.05, 4.69) is 36.6 Å². The number of nitrogens with zero attached hydrogens (tertiary/aromatic N) is 5. The molecule has 1 aliphatic carbocycles. The fourth-order valence-corrected chi connectivity index (χ4v) is 5.43. The fourth-order valence-electron chi connectivity index (χ4n) is 5.19. The highest BCUT2D eigenvalue weighted by Crippen LogP contribution is 2.34. The van der Waals surface area contributed by atoms with Crippen molar-refractivity contribution in [2.75, 3.05) is 31.1 Å². The average Bonchev–Trinajstić information content (AvgIpc) is 3.23. The number of fused-ring (bicyclic) bond motifs is 1. The van der Waals surface area contributed by atoms with Crippen molar-refractivity contribution in [2.45, 2.75) is 64.3 Å². The first-order valence-electron chi connectivity index (χ1n) is 12.0. The highest BCUT2D eigenvalue weighted by Gasteiger charge is 2.28. The van der Waals surface area contributed by atoms with E-state index in [4.69, 9.17) is 21.7 Å². The summed E-state index contributed by atoms with van der Waals surface area (Å²) in [5.41, 5.74) is 3.89. The summed E-state index contributed by atoms with van der Waals surface area (Å²) in [6.07, 6.45) is 8.85. The van der Waals surface area contributed by atoms with Gasteiger partial charge in [0.15, 0.2) is 5.65 Å². The molecule has 170 valence electrons. The molecule has 32 heavy (non-hydrogen) atoms. The molecule has 5 nitrogen and oxygen atoms in total. The van der Waals surface area contributed by atoms with Crippen LogP contribution in [0, 0.1) is 0 Å². The summed E-state index contributed by atoms with van der Waals surface area (Å²) >= 11 is 6.54. The predicted octanol–water partition coefficient (Wildman–Crippen LogP) is 5.80. The Bertz CT molecular complexity index is 1090. The summed E-state index contributed by atoms with van der Waals surface area (Å²) in [4.78, 5) is 10.3. The number of anilines is 1. The van der Waals surface area contributed by atoms with Crippen LogP contribution in [0.15, 0.2) is 36.5 Å². The molecule has 0 bridgehead atoms. The number of hydrogen-bond donors (Lipinski definition) is 0. The number of piperazine rings is 1. The number of benzene rings is 1. The van der Waals surface area contributed by atoms with Crippen molar-refractivity contribution in [1.29, 1.82) is 0 Å². The molecule has 0 N–H and O–H groups in total. The van der Waals surface area contributed by atoms with Gasteiger partial charge in [-0.05, 0) is 18.9 Å². The lowest BCUT2D eigenvalue weighted by Gasteiger charge is -2.41. The Kier molecular flexibility index (Phi) is 5.89. The maximum absolute atomic E-state index is 6.54. The highest BCUT2D eigenvalue weighted by molar-refractivity contribution is 6.33. The van der Waals surface area contributed by atoms with Gasteiger partial charge in [0.1, 0.15) is 5.82 Å². The van der Waals surface area contributed by atoms with E-state index in [1.165, 1.54) is 32.1 Å². The molecule has 3 aromatic rings. The van der Waals surface area contributed by atoms with Crippen LogP contribution in [0.4, 0.5) is 5.82 Å². The van der Waals surface area contributed by atoms with Gasteiger partial charge in [-0.3, -0.25) is 4.90 Å². The molecule has 2 aromatic heterocycles. The first-order valence-corrected chi connectivity index (χ1v) is 12.4. The highest BCUT2D eigenvalue weighted by atomic mass is 35.5. The average molecular weight is 452 g/mol. The molecule has 1 saturated carbocycles. The van der Waals surface area contributed by atoms with Gasteiger partial charge in [0, 0.05) is 59.9 Å². The Balaban J connectivity index is 1.51. The van der Waals surface area contributed by atoms with Crippen molar-refractivity contribution >= 4 is 23.1 Å². The maximum Gasteiger partial charge on any atom is 0.165 e. The van der Waals surface area contributed by atoms with Crippen molar-refractivity contribution in [3.8, 4) is 11.1 Å². The summed E-state index contributed by atoms with van der Waals surface area (Å²) in [7, 11) is 0. The van der Waals surface area contributed by atoms with Crippen LogP contribution >= 0.6 is 11.6 Å². The maximum atomic E-state index is 6.54. The molecule has 0 radical (unpaired) electrons. The van der Waals surface area contributed by atoms with Crippen molar-refractivity contribution < 1.29 is 0 Å². The minimum Gasteiger partial charge on any atom is -0.354 e. The minimum absolute atomic E-state index is 0.0531. The van der Waals surface area contributed by atoms with E-state index in [9.17, 15) is 0 Å². The molecule has 0 atom stereocenters. The zero-order chi connectivity index (χ0) is 22.3. The van der Waals surface area contributed by atoms with Gasteiger partial charge >= 0.3 is 0 Å². The quantitative estimate of drug-likeness (QED) is 0.504. The van der Waals surface area contributed by atoms with Crippen LogP contribution in [0.2, 0.25) is 5.02 Å². The largest absolute Gasteiger partial charge is 0.354 e. The molecule has 0 spiro atoms. The zero-order valence-electron chi connectivity index (χ0n) is 19.5. The number of aromatic nitrogens is 3. The van der Waals surface area contributed by atoms with Gasteiger partial charge in [-0.2, -0.15) is 9.61 Å². The second kappa shape index (κ2) is 8.68. The second-order valence-corrected chi connectivity index (χ2v) is 10.7. The van der Waals surface area contributed by atoms with Gasteiger partial charge in [0.2, 0.25) is 0 Å². The molecular formula is C26H34ClN5. The third-order valence-corrected chi connectivity index (χ3v) is 7.44. The van der Waals surface area contributed by atoms with Gasteiger partial charge in [0.05, 0.1) is 11.9 Å². The smallest absolute Gasteiger partial charge is 0.165 e. The van der Waals surface area contributed by atoms with Crippen LogP contribution in [-0.2, 0) is 5.41 Å². The Morgan fingerprint density at radius 2 is 1.66 bits per heavy atom. The van der Waals surface area contributed by atoms with E-state index in [1.807, 2.05) is 35.0 Å². The van der Waals surface area contributed by atoms with E-state index in [1.54, 1.807) is 0 Å². The SMILES string of the molecule is CC(C)(C)c1cc(N2CCN(C3CCCCC3)CC2)n2ncc(-c3ccccc3Cl)c2n1. The van der Waals surface area contributed by atoms with Crippen LogP contribution in [0.1, 0.15) is 58.6 Å². The Hall–Kier alpha value is -2.11. The number of hydrogen-bond acceptors (Lipinski definition) is 4. The third-order valence-electron chi connectivity index (χ3n) is 7.11. The molecule has 2 aliphatic rings. The molecule has 0 unspecified atom stereocenters. The Labute approximate surface area is 196 Å². The first kappa shape index (κ1) is 21.7. The van der Waals surface area contributed by atoms with Gasteiger partial charge in [-0.15, -0.1) is 0 Å². The van der Waals surface area contributed by atoms with Crippen molar-refractivity contribution in [2.24, 2.45) is 0 Å². The monoisotopic (exact) mass is 451 g/mol. The van der Waals surface area contributed by atoms with Gasteiger partial charge in [-0.1, -0.05) is 69.8 Å². The molecule has 1 saturated heterocycles. The molecule has 1 aliphatic heterocycles. The van der Waals surface area contributed by atoms with E-state index >= 15 is 0 Å².